The summed E-state index contributed by atoms with van der Waals surface area (Å²) in [5.74, 6) is -5.53. The average Bonchev–Trinajstić information content (AvgIpc) is 3.27. The van der Waals surface area contributed by atoms with E-state index in [4.69, 9.17) is 20.0 Å². The molecule has 1 amide bonds. The third-order valence-electron chi connectivity index (χ3n) is 9.98. The van der Waals surface area contributed by atoms with E-state index in [2.05, 4.69) is 41.7 Å². The van der Waals surface area contributed by atoms with Gasteiger partial charge in [0.2, 0.25) is 5.76 Å². The number of aromatic carboxylic acids is 1. The number of benzene rings is 5. The van der Waals surface area contributed by atoms with E-state index in [1.807, 2.05) is 110 Å². The van der Waals surface area contributed by atoms with Crippen molar-refractivity contribution >= 4 is 23.8 Å². The second-order valence-corrected chi connectivity index (χ2v) is 15.0. The number of rotatable bonds is 17. The second kappa shape index (κ2) is 22.3. The van der Waals surface area contributed by atoms with E-state index in [-0.39, 0.29) is 24.3 Å². The molecule has 0 bridgehead atoms. The maximum Gasteiger partial charge on any atom is 0.371 e. The van der Waals surface area contributed by atoms with Gasteiger partial charge in [0.05, 0.1) is 11.8 Å². The monoisotopic (exact) mass is 822 g/mol. The number of hydrogen-bond acceptors (Lipinski definition) is 8. The number of nitrogens with two attached hydrogens (primary N) is 1. The topological polar surface area (TPSA) is 186 Å². The van der Waals surface area contributed by atoms with Gasteiger partial charge in [-0.15, -0.1) is 0 Å². The van der Waals surface area contributed by atoms with Crippen molar-refractivity contribution in [2.45, 2.75) is 58.2 Å². The first-order chi connectivity index (χ1) is 29.3. The molecule has 0 spiro atoms. The molecule has 11 nitrogen and oxygen atoms in total. The summed E-state index contributed by atoms with van der Waals surface area (Å²) in [6, 6.07) is 47.0. The van der Waals surface area contributed by atoms with Crippen LogP contribution >= 0.6 is 0 Å². The van der Waals surface area contributed by atoms with Crippen molar-refractivity contribution in [3.8, 4) is 22.3 Å². The Kier molecular flexibility index (Phi) is 16.5. The lowest BCUT2D eigenvalue weighted by molar-refractivity contribution is -0.149. The Morgan fingerprint density at radius 1 is 0.607 bits per heavy atom. The molecule has 4 atom stereocenters. The molecule has 0 unspecified atom stereocenters. The minimum Gasteiger partial charge on any atom is -0.481 e. The summed E-state index contributed by atoms with van der Waals surface area (Å²) < 4.78 is 10.4. The van der Waals surface area contributed by atoms with Crippen LogP contribution in [0.1, 0.15) is 64.5 Å². The first-order valence-corrected chi connectivity index (χ1v) is 20.0. The molecule has 5 N–H and O–H groups in total. The van der Waals surface area contributed by atoms with Crippen molar-refractivity contribution in [3.63, 3.8) is 0 Å². The van der Waals surface area contributed by atoms with Gasteiger partial charge in [-0.2, -0.15) is 0 Å². The SMILES string of the molecule is C[C@H](C[C@@H](Cc1ccc(-c2ccccc2)cc1)NC(=O)c1cc(=O)cc(C(=O)O)o1)C(=O)O.C[C@H](C[C@H](N)Cc1ccc(-c2ccccc2)cc1)C(=O)OCc1ccccc1. The van der Waals surface area contributed by atoms with Crippen LogP contribution in [-0.2, 0) is 33.8 Å². The lowest BCUT2D eigenvalue weighted by Gasteiger charge is -2.21. The highest BCUT2D eigenvalue weighted by Crippen LogP contribution is 2.22. The number of carbonyl (C=O) groups is 4. The summed E-state index contributed by atoms with van der Waals surface area (Å²) in [6.45, 7) is 3.72. The molecule has 61 heavy (non-hydrogen) atoms. The van der Waals surface area contributed by atoms with Gasteiger partial charge in [-0.05, 0) is 64.6 Å². The zero-order chi connectivity index (χ0) is 43.7. The van der Waals surface area contributed by atoms with Crippen LogP contribution in [0, 0.1) is 11.8 Å². The van der Waals surface area contributed by atoms with Crippen molar-refractivity contribution < 1.29 is 38.5 Å². The summed E-state index contributed by atoms with van der Waals surface area (Å²) >= 11 is 0. The van der Waals surface area contributed by atoms with Crippen molar-refractivity contribution in [3.05, 3.63) is 190 Å². The molecule has 0 aliphatic heterocycles. The van der Waals surface area contributed by atoms with Gasteiger partial charge in [0, 0.05) is 24.2 Å². The highest BCUT2D eigenvalue weighted by molar-refractivity contribution is 5.92. The summed E-state index contributed by atoms with van der Waals surface area (Å²) in [5.41, 5.74) is 13.1. The maximum absolute atomic E-state index is 12.7. The van der Waals surface area contributed by atoms with Crippen LogP contribution in [0.2, 0.25) is 0 Å². The van der Waals surface area contributed by atoms with Gasteiger partial charge in [0.25, 0.3) is 5.91 Å². The Labute approximate surface area is 354 Å². The number of carboxylic acid groups (broad SMARTS) is 2. The quantitative estimate of drug-likeness (QED) is 0.0651. The van der Waals surface area contributed by atoms with Crippen molar-refractivity contribution in [1.82, 2.24) is 5.32 Å². The van der Waals surface area contributed by atoms with Crippen molar-refractivity contribution in [2.75, 3.05) is 0 Å². The van der Waals surface area contributed by atoms with Gasteiger partial charge in [-0.25, -0.2) is 4.79 Å². The summed E-state index contributed by atoms with van der Waals surface area (Å²) in [4.78, 5) is 59.1. The zero-order valence-corrected chi connectivity index (χ0v) is 34.1. The molecule has 11 heteroatoms. The fraction of sp³-hybridized carbons (Fsp3) is 0.220. The highest BCUT2D eigenvalue weighted by Gasteiger charge is 2.23. The number of esters is 1. The molecule has 0 radical (unpaired) electrons. The first-order valence-electron chi connectivity index (χ1n) is 20.0. The number of carbonyl (C=O) groups excluding carboxylic acids is 2. The maximum atomic E-state index is 12.7. The molecule has 1 heterocycles. The number of ether oxygens (including phenoxy) is 1. The minimum absolute atomic E-state index is 0.0816. The smallest absolute Gasteiger partial charge is 0.371 e. The van der Waals surface area contributed by atoms with Crippen LogP contribution < -0.4 is 16.5 Å². The Hall–Kier alpha value is -7.11. The van der Waals surface area contributed by atoms with Crippen LogP contribution in [0.5, 0.6) is 0 Å². The highest BCUT2D eigenvalue weighted by atomic mass is 16.5. The van der Waals surface area contributed by atoms with E-state index in [9.17, 15) is 29.1 Å². The Balaban J connectivity index is 0.000000234. The lowest BCUT2D eigenvalue weighted by Crippen LogP contribution is -2.39. The molecule has 6 aromatic rings. The standard InChI is InChI=1S/C25H23NO7.C25H27NO2/c1-15(24(29)30)11-19(26-23(28)21-13-20(27)14-22(33-21)25(31)32)12-16-7-9-18(10-8-16)17-5-3-2-4-6-17;1-19(25(27)28-18-21-8-4-2-5-9-21)16-24(26)17-20-12-14-23(15-13-20)22-10-6-3-7-11-22/h2-10,13-15,19H,11-12H2,1H3,(H,26,28)(H,29,30)(H,31,32);2-15,19,24H,16-18,26H2,1H3/t15-,19+;19-,24+/m11/s1. The van der Waals surface area contributed by atoms with Crippen LogP contribution in [0.15, 0.2) is 161 Å². The summed E-state index contributed by atoms with van der Waals surface area (Å²) in [6.07, 6.45) is 1.81. The zero-order valence-electron chi connectivity index (χ0n) is 34.1. The number of amides is 1. The van der Waals surface area contributed by atoms with Gasteiger partial charge >= 0.3 is 17.9 Å². The number of hydrogen-bond donors (Lipinski definition) is 4. The van der Waals surface area contributed by atoms with E-state index < -0.39 is 46.8 Å². The van der Waals surface area contributed by atoms with Gasteiger partial charge < -0.3 is 30.4 Å². The number of carboxylic acids is 2. The summed E-state index contributed by atoms with van der Waals surface area (Å²) in [5, 5.41) is 21.0. The van der Waals surface area contributed by atoms with Gasteiger partial charge in [-0.1, -0.05) is 153 Å². The molecule has 5 aromatic carbocycles. The molecule has 0 saturated carbocycles. The molecule has 0 saturated heterocycles. The number of nitrogens with one attached hydrogen (secondary N) is 1. The molecule has 0 aliphatic carbocycles. The van der Waals surface area contributed by atoms with Crippen LogP contribution in [0.3, 0.4) is 0 Å². The normalized spacial score (nSPS) is 12.7. The van der Waals surface area contributed by atoms with Crippen molar-refractivity contribution in [1.29, 1.82) is 0 Å². The fourth-order valence-corrected chi connectivity index (χ4v) is 6.69. The fourth-order valence-electron chi connectivity index (χ4n) is 6.69. The molecular formula is C50H50N2O9. The van der Waals surface area contributed by atoms with E-state index in [1.165, 1.54) is 23.6 Å². The minimum atomic E-state index is -1.48. The average molecular weight is 823 g/mol. The van der Waals surface area contributed by atoms with E-state index in [1.54, 1.807) is 0 Å². The van der Waals surface area contributed by atoms with Crippen LogP contribution in [0.25, 0.3) is 22.3 Å². The molecule has 0 fully saturated rings. The molecule has 6 rings (SSSR count). The van der Waals surface area contributed by atoms with Crippen LogP contribution in [-0.4, -0.2) is 46.1 Å². The number of aliphatic carboxylic acids is 1. The predicted octanol–water partition coefficient (Wildman–Crippen LogP) is 8.45. The second-order valence-electron chi connectivity index (χ2n) is 15.0. The van der Waals surface area contributed by atoms with E-state index in [0.29, 0.717) is 19.4 Å². The lowest BCUT2D eigenvalue weighted by atomic mass is 9.95. The first kappa shape index (κ1) is 45.0. The Morgan fingerprint density at radius 3 is 1.59 bits per heavy atom. The Bertz CT molecular complexity index is 2400. The largest absolute Gasteiger partial charge is 0.481 e. The Morgan fingerprint density at radius 2 is 1.08 bits per heavy atom. The van der Waals surface area contributed by atoms with E-state index in [0.717, 1.165) is 40.8 Å². The van der Waals surface area contributed by atoms with E-state index >= 15 is 0 Å². The van der Waals surface area contributed by atoms with Crippen LogP contribution in [0.4, 0.5) is 0 Å². The van der Waals surface area contributed by atoms with Gasteiger partial charge in [-0.3, -0.25) is 19.2 Å². The molecule has 314 valence electrons. The van der Waals surface area contributed by atoms with Crippen molar-refractivity contribution in [2.24, 2.45) is 17.6 Å². The third-order valence-corrected chi connectivity index (χ3v) is 9.98. The predicted molar refractivity (Wildman–Crippen MR) is 234 cm³/mol. The van der Waals surface area contributed by atoms with Gasteiger partial charge in [0.1, 0.15) is 6.61 Å². The third kappa shape index (κ3) is 14.3. The molecular weight excluding hydrogens is 773 g/mol. The molecule has 0 aliphatic rings. The van der Waals surface area contributed by atoms with Gasteiger partial charge in [0.15, 0.2) is 11.2 Å². The molecule has 1 aromatic heterocycles. The summed E-state index contributed by atoms with van der Waals surface area (Å²) in [7, 11) is 0.